The summed E-state index contributed by atoms with van der Waals surface area (Å²) in [6, 6.07) is 5.86. The molecular formula is C17H24BClO4. The number of hydrogen-bond acceptors (Lipinski definition) is 4. The second-order valence-electron chi connectivity index (χ2n) is 7.19. The van der Waals surface area contributed by atoms with Crippen LogP contribution in [0.25, 0.3) is 0 Å². The normalized spacial score (nSPS) is 26.0. The molecule has 6 heteroatoms. The van der Waals surface area contributed by atoms with E-state index in [0.29, 0.717) is 11.6 Å². The summed E-state index contributed by atoms with van der Waals surface area (Å²) in [6.45, 7) is 9.39. The average Bonchev–Trinajstić information content (AvgIpc) is 3.04. The van der Waals surface area contributed by atoms with E-state index in [-0.39, 0.29) is 17.5 Å². The molecule has 2 fully saturated rings. The standard InChI is InChI=1S/C17H24BClO4/c1-16(2)17(3,4)23-18(22-16)13-8-7-12(14(19)10-13)11-21-15-6-5-9-20-15/h7-8,10,15H,5-6,9,11H2,1-4H3. The van der Waals surface area contributed by atoms with Crippen LogP contribution in [0.1, 0.15) is 46.1 Å². The fourth-order valence-electron chi connectivity index (χ4n) is 2.67. The quantitative estimate of drug-likeness (QED) is 0.789. The Bertz CT molecular complexity index is 554. The van der Waals surface area contributed by atoms with Crippen LogP contribution in [0, 0.1) is 0 Å². The molecular weight excluding hydrogens is 314 g/mol. The van der Waals surface area contributed by atoms with Gasteiger partial charge in [0, 0.05) is 18.1 Å². The Labute approximate surface area is 143 Å². The molecule has 2 saturated heterocycles. The number of halogens is 1. The van der Waals surface area contributed by atoms with Crippen LogP contribution in [-0.2, 0) is 25.4 Å². The van der Waals surface area contributed by atoms with Crippen molar-refractivity contribution in [2.45, 2.75) is 64.6 Å². The highest BCUT2D eigenvalue weighted by Crippen LogP contribution is 2.36. The molecule has 0 bridgehead atoms. The fraction of sp³-hybridized carbons (Fsp3) is 0.647. The van der Waals surface area contributed by atoms with Gasteiger partial charge in [-0.05, 0) is 51.2 Å². The summed E-state index contributed by atoms with van der Waals surface area (Å²) in [6.07, 6.45) is 1.90. The topological polar surface area (TPSA) is 36.9 Å². The highest BCUT2D eigenvalue weighted by molar-refractivity contribution is 6.62. The second-order valence-corrected chi connectivity index (χ2v) is 7.60. The van der Waals surface area contributed by atoms with E-state index in [1.165, 1.54) is 0 Å². The zero-order chi connectivity index (χ0) is 16.7. The van der Waals surface area contributed by atoms with Gasteiger partial charge in [0.15, 0.2) is 6.29 Å². The lowest BCUT2D eigenvalue weighted by Crippen LogP contribution is -2.41. The van der Waals surface area contributed by atoms with E-state index >= 15 is 0 Å². The van der Waals surface area contributed by atoms with Gasteiger partial charge >= 0.3 is 7.12 Å². The maximum atomic E-state index is 6.40. The predicted octanol–water partition coefficient (Wildman–Crippen LogP) is 3.29. The average molecular weight is 339 g/mol. The van der Waals surface area contributed by atoms with Crippen LogP contribution in [0.5, 0.6) is 0 Å². The third kappa shape index (κ3) is 3.59. The zero-order valence-corrected chi connectivity index (χ0v) is 15.0. The minimum atomic E-state index is -0.398. The number of rotatable bonds is 4. The van der Waals surface area contributed by atoms with Crippen molar-refractivity contribution in [1.29, 1.82) is 0 Å². The van der Waals surface area contributed by atoms with Crippen LogP contribution in [-0.4, -0.2) is 31.2 Å². The molecule has 0 spiro atoms. The first-order valence-corrected chi connectivity index (χ1v) is 8.53. The molecule has 0 N–H and O–H groups in total. The fourth-order valence-corrected chi connectivity index (χ4v) is 2.91. The summed E-state index contributed by atoms with van der Waals surface area (Å²) >= 11 is 6.40. The lowest BCUT2D eigenvalue weighted by Gasteiger charge is -2.32. The summed E-state index contributed by atoms with van der Waals surface area (Å²) in [5, 5.41) is 0.662. The van der Waals surface area contributed by atoms with Gasteiger partial charge in [-0.2, -0.15) is 0 Å². The summed E-state index contributed by atoms with van der Waals surface area (Å²) in [5.74, 6) is 0. The second kappa shape index (κ2) is 6.38. The van der Waals surface area contributed by atoms with Gasteiger partial charge < -0.3 is 18.8 Å². The van der Waals surface area contributed by atoms with Gasteiger partial charge in [-0.3, -0.25) is 0 Å². The molecule has 1 aromatic carbocycles. The van der Waals surface area contributed by atoms with Gasteiger partial charge in [0.05, 0.1) is 17.8 Å². The molecule has 0 aliphatic carbocycles. The van der Waals surface area contributed by atoms with Gasteiger partial charge in [-0.15, -0.1) is 0 Å². The third-order valence-electron chi connectivity index (χ3n) is 4.92. The molecule has 1 atom stereocenters. The van der Waals surface area contributed by atoms with Gasteiger partial charge in [-0.25, -0.2) is 0 Å². The van der Waals surface area contributed by atoms with Crippen molar-refractivity contribution in [1.82, 2.24) is 0 Å². The van der Waals surface area contributed by atoms with Crippen molar-refractivity contribution < 1.29 is 18.8 Å². The van der Waals surface area contributed by atoms with E-state index < -0.39 is 7.12 Å². The molecule has 1 unspecified atom stereocenters. The Morgan fingerprint density at radius 3 is 2.48 bits per heavy atom. The molecule has 2 aliphatic rings. The lowest BCUT2D eigenvalue weighted by molar-refractivity contribution is -0.118. The molecule has 2 heterocycles. The summed E-state index contributed by atoms with van der Waals surface area (Å²) in [7, 11) is -0.398. The first-order chi connectivity index (χ1) is 10.8. The Balaban J connectivity index is 1.67. The van der Waals surface area contributed by atoms with E-state index in [1.54, 1.807) is 0 Å². The highest BCUT2D eigenvalue weighted by atomic mass is 35.5. The number of ether oxygens (including phenoxy) is 2. The van der Waals surface area contributed by atoms with E-state index in [0.717, 1.165) is 30.5 Å². The molecule has 1 aromatic rings. The van der Waals surface area contributed by atoms with Crippen molar-refractivity contribution in [3.63, 3.8) is 0 Å². The molecule has 3 rings (SSSR count). The van der Waals surface area contributed by atoms with E-state index in [4.69, 9.17) is 30.4 Å². The largest absolute Gasteiger partial charge is 0.494 e. The van der Waals surface area contributed by atoms with Crippen molar-refractivity contribution in [3.05, 3.63) is 28.8 Å². The molecule has 2 aliphatic heterocycles. The zero-order valence-electron chi connectivity index (χ0n) is 14.2. The third-order valence-corrected chi connectivity index (χ3v) is 5.27. The maximum absolute atomic E-state index is 6.40. The van der Waals surface area contributed by atoms with E-state index in [9.17, 15) is 0 Å². The van der Waals surface area contributed by atoms with Crippen LogP contribution in [0.15, 0.2) is 18.2 Å². The molecule has 0 saturated carbocycles. The monoisotopic (exact) mass is 338 g/mol. The molecule has 4 nitrogen and oxygen atoms in total. The van der Waals surface area contributed by atoms with Crippen molar-refractivity contribution >= 4 is 24.2 Å². The Morgan fingerprint density at radius 1 is 1.22 bits per heavy atom. The summed E-state index contributed by atoms with van der Waals surface area (Å²) in [4.78, 5) is 0. The lowest BCUT2D eigenvalue weighted by atomic mass is 9.79. The van der Waals surface area contributed by atoms with Crippen LogP contribution >= 0.6 is 11.6 Å². The van der Waals surface area contributed by atoms with E-state index in [2.05, 4.69) is 0 Å². The van der Waals surface area contributed by atoms with Crippen molar-refractivity contribution in [2.24, 2.45) is 0 Å². The van der Waals surface area contributed by atoms with Crippen LogP contribution in [0.2, 0.25) is 5.02 Å². The van der Waals surface area contributed by atoms with Crippen molar-refractivity contribution in [3.8, 4) is 0 Å². The van der Waals surface area contributed by atoms with Gasteiger partial charge in [0.25, 0.3) is 0 Å². The maximum Gasteiger partial charge on any atom is 0.494 e. The minimum absolute atomic E-state index is 0.103. The van der Waals surface area contributed by atoms with Crippen molar-refractivity contribution in [2.75, 3.05) is 6.61 Å². The molecule has 23 heavy (non-hydrogen) atoms. The first-order valence-electron chi connectivity index (χ1n) is 8.16. The molecule has 0 radical (unpaired) electrons. The van der Waals surface area contributed by atoms with Crippen LogP contribution in [0.4, 0.5) is 0 Å². The molecule has 0 amide bonds. The van der Waals surface area contributed by atoms with E-state index in [1.807, 2.05) is 45.9 Å². The summed E-state index contributed by atoms with van der Waals surface area (Å²) < 4.78 is 23.3. The summed E-state index contributed by atoms with van der Waals surface area (Å²) in [5.41, 5.74) is 1.16. The van der Waals surface area contributed by atoms with Crippen LogP contribution in [0.3, 0.4) is 0 Å². The highest BCUT2D eigenvalue weighted by Gasteiger charge is 2.51. The minimum Gasteiger partial charge on any atom is -0.399 e. The predicted molar refractivity (Wildman–Crippen MR) is 90.9 cm³/mol. The van der Waals surface area contributed by atoms with Crippen LogP contribution < -0.4 is 5.46 Å². The Kier molecular flexibility index (Phi) is 4.78. The van der Waals surface area contributed by atoms with Gasteiger partial charge in [0.2, 0.25) is 0 Å². The smallest absolute Gasteiger partial charge is 0.399 e. The van der Waals surface area contributed by atoms with Gasteiger partial charge in [0.1, 0.15) is 0 Å². The van der Waals surface area contributed by atoms with Gasteiger partial charge in [-0.1, -0.05) is 23.7 Å². The molecule has 0 aromatic heterocycles. The number of benzene rings is 1. The first kappa shape index (κ1) is 17.2. The SMILES string of the molecule is CC1(C)OB(c2ccc(COC3CCCO3)c(Cl)c2)OC1(C)C. The molecule has 126 valence electrons. The number of hydrogen-bond donors (Lipinski definition) is 0. The Morgan fingerprint density at radius 2 is 1.91 bits per heavy atom. The Hall–Kier alpha value is -0.585.